The number of aromatic nitrogens is 1. The van der Waals surface area contributed by atoms with Crippen LogP contribution in [0.15, 0.2) is 40.9 Å². The molecular formula is C17H17BrN2O. The van der Waals surface area contributed by atoms with Gasteiger partial charge < -0.3 is 5.32 Å². The molecule has 4 heteroatoms. The standard InChI is InChI=1S/C17H17BrN2O/c1-11-10-12(2)19-13(3)17(11)20-16(21)9-8-14-6-4-5-7-15(14)18/h4-10H,1-3H3,(H,20,21)/b9-8+. The van der Waals surface area contributed by atoms with Crippen LogP contribution in [-0.2, 0) is 4.79 Å². The van der Waals surface area contributed by atoms with Crippen molar-refractivity contribution in [1.29, 1.82) is 0 Å². The molecule has 108 valence electrons. The van der Waals surface area contributed by atoms with Gasteiger partial charge in [-0.15, -0.1) is 0 Å². The summed E-state index contributed by atoms with van der Waals surface area (Å²) in [6, 6.07) is 9.71. The Morgan fingerprint density at radius 2 is 1.95 bits per heavy atom. The summed E-state index contributed by atoms with van der Waals surface area (Å²) in [7, 11) is 0. The van der Waals surface area contributed by atoms with Gasteiger partial charge in [-0.25, -0.2) is 0 Å². The lowest BCUT2D eigenvalue weighted by atomic mass is 10.1. The van der Waals surface area contributed by atoms with Crippen LogP contribution in [0.1, 0.15) is 22.5 Å². The van der Waals surface area contributed by atoms with Crippen molar-refractivity contribution in [2.24, 2.45) is 0 Å². The highest BCUT2D eigenvalue weighted by Crippen LogP contribution is 2.20. The highest BCUT2D eigenvalue weighted by molar-refractivity contribution is 9.10. The molecule has 2 rings (SSSR count). The summed E-state index contributed by atoms with van der Waals surface area (Å²) >= 11 is 3.45. The van der Waals surface area contributed by atoms with E-state index >= 15 is 0 Å². The first-order valence-corrected chi connectivity index (χ1v) is 7.45. The Morgan fingerprint density at radius 3 is 2.62 bits per heavy atom. The number of hydrogen-bond donors (Lipinski definition) is 1. The van der Waals surface area contributed by atoms with Crippen LogP contribution in [0, 0.1) is 20.8 Å². The van der Waals surface area contributed by atoms with Crippen molar-refractivity contribution in [3.8, 4) is 0 Å². The third-order valence-electron chi connectivity index (χ3n) is 3.09. The molecule has 0 aliphatic rings. The van der Waals surface area contributed by atoms with E-state index < -0.39 is 0 Å². The number of amides is 1. The molecule has 0 spiro atoms. The van der Waals surface area contributed by atoms with Gasteiger partial charge in [0, 0.05) is 16.2 Å². The normalized spacial score (nSPS) is 10.9. The fraction of sp³-hybridized carbons (Fsp3) is 0.176. The first-order valence-electron chi connectivity index (χ1n) is 6.66. The van der Waals surface area contributed by atoms with Gasteiger partial charge in [0.15, 0.2) is 0 Å². The quantitative estimate of drug-likeness (QED) is 0.837. The van der Waals surface area contributed by atoms with Crippen molar-refractivity contribution in [3.05, 3.63) is 63.4 Å². The molecule has 0 bridgehead atoms. The Kier molecular flexibility index (Phi) is 4.91. The minimum atomic E-state index is -0.164. The number of aryl methyl sites for hydroxylation is 3. The third kappa shape index (κ3) is 4.02. The minimum Gasteiger partial charge on any atom is -0.321 e. The number of hydrogen-bond acceptors (Lipinski definition) is 2. The van der Waals surface area contributed by atoms with Gasteiger partial charge in [0.05, 0.1) is 11.4 Å². The fourth-order valence-electron chi connectivity index (χ4n) is 2.15. The molecule has 1 aromatic heterocycles. The monoisotopic (exact) mass is 344 g/mol. The predicted octanol–water partition coefficient (Wildman–Crippen LogP) is 4.42. The average molecular weight is 345 g/mol. The highest BCUT2D eigenvalue weighted by atomic mass is 79.9. The van der Waals surface area contributed by atoms with E-state index in [0.29, 0.717) is 0 Å². The molecule has 0 unspecified atom stereocenters. The lowest BCUT2D eigenvalue weighted by Gasteiger charge is -2.10. The maximum atomic E-state index is 12.0. The first kappa shape index (κ1) is 15.4. The van der Waals surface area contributed by atoms with Crippen LogP contribution in [0.2, 0.25) is 0 Å². The summed E-state index contributed by atoms with van der Waals surface area (Å²) < 4.78 is 0.957. The van der Waals surface area contributed by atoms with E-state index in [4.69, 9.17) is 0 Å². The van der Waals surface area contributed by atoms with Crippen molar-refractivity contribution in [3.63, 3.8) is 0 Å². The van der Waals surface area contributed by atoms with Gasteiger partial charge in [-0.1, -0.05) is 34.1 Å². The first-order chi connectivity index (χ1) is 9.97. The molecule has 1 heterocycles. The average Bonchev–Trinajstić information content (AvgIpc) is 2.42. The molecular weight excluding hydrogens is 328 g/mol. The highest BCUT2D eigenvalue weighted by Gasteiger charge is 2.07. The van der Waals surface area contributed by atoms with E-state index in [9.17, 15) is 4.79 Å². The van der Waals surface area contributed by atoms with Crippen LogP contribution < -0.4 is 5.32 Å². The van der Waals surface area contributed by atoms with E-state index in [2.05, 4.69) is 26.2 Å². The van der Waals surface area contributed by atoms with Gasteiger partial charge in [0.1, 0.15) is 0 Å². The number of nitrogens with zero attached hydrogens (tertiary/aromatic N) is 1. The van der Waals surface area contributed by atoms with Crippen molar-refractivity contribution >= 4 is 33.6 Å². The van der Waals surface area contributed by atoms with E-state index in [1.165, 1.54) is 6.08 Å². The maximum Gasteiger partial charge on any atom is 0.248 e. The predicted molar refractivity (Wildman–Crippen MR) is 90.3 cm³/mol. The van der Waals surface area contributed by atoms with E-state index in [0.717, 1.165) is 32.7 Å². The Labute approximate surface area is 133 Å². The van der Waals surface area contributed by atoms with Crippen molar-refractivity contribution in [2.45, 2.75) is 20.8 Å². The van der Waals surface area contributed by atoms with E-state index in [-0.39, 0.29) is 5.91 Å². The zero-order valence-corrected chi connectivity index (χ0v) is 13.9. The molecule has 0 radical (unpaired) electrons. The van der Waals surface area contributed by atoms with Crippen molar-refractivity contribution in [1.82, 2.24) is 4.98 Å². The topological polar surface area (TPSA) is 42.0 Å². The van der Waals surface area contributed by atoms with E-state index in [1.807, 2.05) is 51.1 Å². The number of carbonyl (C=O) groups excluding carboxylic acids is 1. The van der Waals surface area contributed by atoms with Gasteiger partial charge in [-0.3, -0.25) is 9.78 Å². The fourth-order valence-corrected chi connectivity index (χ4v) is 2.57. The molecule has 21 heavy (non-hydrogen) atoms. The second-order valence-corrected chi connectivity index (χ2v) is 5.74. The van der Waals surface area contributed by atoms with Crippen LogP contribution >= 0.6 is 15.9 Å². The largest absolute Gasteiger partial charge is 0.321 e. The van der Waals surface area contributed by atoms with Gasteiger partial charge in [-0.2, -0.15) is 0 Å². The summed E-state index contributed by atoms with van der Waals surface area (Å²) in [5.41, 5.74) is 4.54. The molecule has 0 fully saturated rings. The summed E-state index contributed by atoms with van der Waals surface area (Å²) in [5.74, 6) is -0.164. The SMILES string of the molecule is Cc1cc(C)c(NC(=O)/C=C/c2ccccc2Br)c(C)n1. The molecule has 0 saturated heterocycles. The van der Waals surface area contributed by atoms with Gasteiger partial charge in [-0.05, 0) is 50.1 Å². The molecule has 2 aromatic rings. The molecule has 0 atom stereocenters. The maximum absolute atomic E-state index is 12.0. The molecule has 0 saturated carbocycles. The third-order valence-corrected chi connectivity index (χ3v) is 3.82. The second-order valence-electron chi connectivity index (χ2n) is 4.89. The van der Waals surface area contributed by atoms with Crippen LogP contribution in [0.4, 0.5) is 5.69 Å². The zero-order valence-electron chi connectivity index (χ0n) is 12.3. The summed E-state index contributed by atoms with van der Waals surface area (Å²) in [4.78, 5) is 16.4. The Morgan fingerprint density at radius 1 is 1.24 bits per heavy atom. The summed E-state index contributed by atoms with van der Waals surface area (Å²) in [6.07, 6.45) is 3.31. The van der Waals surface area contributed by atoms with Gasteiger partial charge in [0.25, 0.3) is 0 Å². The number of halogens is 1. The van der Waals surface area contributed by atoms with Crippen LogP contribution in [0.25, 0.3) is 6.08 Å². The lowest BCUT2D eigenvalue weighted by Crippen LogP contribution is -2.11. The Hall–Kier alpha value is -1.94. The second kappa shape index (κ2) is 6.68. The van der Waals surface area contributed by atoms with Gasteiger partial charge >= 0.3 is 0 Å². The smallest absolute Gasteiger partial charge is 0.248 e. The van der Waals surface area contributed by atoms with E-state index in [1.54, 1.807) is 6.08 Å². The van der Waals surface area contributed by atoms with Crippen LogP contribution in [0.3, 0.4) is 0 Å². The molecule has 1 N–H and O–H groups in total. The zero-order chi connectivity index (χ0) is 15.4. The van der Waals surface area contributed by atoms with Crippen molar-refractivity contribution < 1.29 is 4.79 Å². The number of nitrogens with one attached hydrogen (secondary N) is 1. The van der Waals surface area contributed by atoms with Crippen LogP contribution in [-0.4, -0.2) is 10.9 Å². The van der Waals surface area contributed by atoms with Crippen molar-refractivity contribution in [2.75, 3.05) is 5.32 Å². The summed E-state index contributed by atoms with van der Waals surface area (Å²) in [5, 5.41) is 2.89. The summed E-state index contributed by atoms with van der Waals surface area (Å²) in [6.45, 7) is 5.81. The Bertz CT molecular complexity index is 685. The number of carbonyl (C=O) groups is 1. The molecule has 1 aromatic carbocycles. The molecule has 0 aliphatic carbocycles. The number of benzene rings is 1. The van der Waals surface area contributed by atoms with Gasteiger partial charge in [0.2, 0.25) is 5.91 Å². The number of pyridine rings is 1. The number of rotatable bonds is 3. The molecule has 0 aliphatic heterocycles. The number of anilines is 1. The van der Waals surface area contributed by atoms with Crippen LogP contribution in [0.5, 0.6) is 0 Å². The molecule has 1 amide bonds. The minimum absolute atomic E-state index is 0.164. The molecule has 3 nitrogen and oxygen atoms in total. The Balaban J connectivity index is 2.15. The lowest BCUT2D eigenvalue weighted by molar-refractivity contribution is -0.111.